The van der Waals surface area contributed by atoms with E-state index in [1.807, 2.05) is 12.1 Å². The summed E-state index contributed by atoms with van der Waals surface area (Å²) in [4.78, 5) is 0. The minimum atomic E-state index is -2.82. The lowest BCUT2D eigenvalue weighted by atomic mass is 9.83. The van der Waals surface area contributed by atoms with Crippen LogP contribution in [0.15, 0.2) is 38.2 Å². The predicted molar refractivity (Wildman–Crippen MR) is 118 cm³/mol. The van der Waals surface area contributed by atoms with E-state index >= 15 is 0 Å². The lowest BCUT2D eigenvalue weighted by Crippen LogP contribution is -2.28. The van der Waals surface area contributed by atoms with Crippen molar-refractivity contribution in [2.24, 2.45) is 14.0 Å². The minimum Gasteiger partial charge on any atom is -0.378 e. The van der Waals surface area contributed by atoms with Crippen molar-refractivity contribution in [2.75, 3.05) is 6.61 Å². The normalized spacial score (nSPS) is 21.1. The highest BCUT2D eigenvalue weighted by molar-refractivity contribution is 7.78. The Bertz CT molecular complexity index is 719. The maximum Gasteiger partial charge on any atom is 0.461 e. The first-order valence-corrected chi connectivity index (χ1v) is 12.0. The Morgan fingerprint density at radius 1 is 0.963 bits per heavy atom. The van der Waals surface area contributed by atoms with Gasteiger partial charge >= 0.3 is 8.56 Å². The molecule has 0 saturated heterocycles. The standard InChI is InChI=1S/C18H20FN3OS3Si/c19-17-6-2-15(3-7-17)16-4-8-18(9-5-16)23-10-1-11-27(20-12-24,21-13-25)22-14-26/h2-3,6-7,16,18H,1,4-5,8-11H2. The number of nitrogens with zero attached hydrogens (tertiary/aromatic N) is 3. The SMILES string of the molecule is Fc1ccc(C2CCC(OCCC[Si](N=C=S)(N=C=S)N=C=S)CC2)cc1. The number of ether oxygens (including phenoxy) is 1. The van der Waals surface area contributed by atoms with Gasteiger partial charge in [-0.15, -0.1) is 0 Å². The molecule has 4 nitrogen and oxygen atoms in total. The molecule has 0 N–H and O–H groups in total. The first-order chi connectivity index (χ1) is 13.1. The summed E-state index contributed by atoms with van der Waals surface area (Å²) >= 11 is 14.1. The zero-order chi connectivity index (χ0) is 19.5. The van der Waals surface area contributed by atoms with Gasteiger partial charge in [-0.1, -0.05) is 12.1 Å². The van der Waals surface area contributed by atoms with Gasteiger partial charge in [0.1, 0.15) is 5.82 Å². The van der Waals surface area contributed by atoms with E-state index in [1.165, 1.54) is 17.7 Å². The molecule has 0 heterocycles. The summed E-state index contributed by atoms with van der Waals surface area (Å²) in [6.45, 7) is 0.591. The van der Waals surface area contributed by atoms with Crippen LogP contribution in [0.2, 0.25) is 6.04 Å². The van der Waals surface area contributed by atoms with E-state index in [-0.39, 0.29) is 11.9 Å². The number of hydrogen-bond donors (Lipinski definition) is 0. The maximum absolute atomic E-state index is 13.1. The van der Waals surface area contributed by atoms with Crippen molar-refractivity contribution in [2.45, 2.75) is 50.2 Å². The molecule has 0 radical (unpaired) electrons. The van der Waals surface area contributed by atoms with Crippen LogP contribution in [0.3, 0.4) is 0 Å². The molecule has 1 saturated carbocycles. The van der Waals surface area contributed by atoms with Crippen LogP contribution >= 0.6 is 36.7 Å². The zero-order valence-electron chi connectivity index (χ0n) is 14.8. The molecule has 2 rings (SSSR count). The van der Waals surface area contributed by atoms with Crippen LogP contribution < -0.4 is 0 Å². The van der Waals surface area contributed by atoms with Crippen LogP contribution in [0.1, 0.15) is 43.6 Å². The van der Waals surface area contributed by atoms with Crippen LogP contribution in [-0.4, -0.2) is 36.8 Å². The second-order valence-corrected chi connectivity index (χ2v) is 9.65. The van der Waals surface area contributed by atoms with Crippen molar-refractivity contribution >= 4 is 60.7 Å². The Kier molecular flexibility index (Phi) is 9.41. The monoisotopic (exact) mass is 437 g/mol. The topological polar surface area (TPSA) is 46.3 Å². The molecular formula is C18H20FN3OS3Si. The Balaban J connectivity index is 1.78. The van der Waals surface area contributed by atoms with Crippen LogP contribution in [0, 0.1) is 5.82 Å². The lowest BCUT2D eigenvalue weighted by Gasteiger charge is -2.29. The molecule has 27 heavy (non-hydrogen) atoms. The van der Waals surface area contributed by atoms with Gasteiger partial charge < -0.3 is 4.74 Å². The quantitative estimate of drug-likeness (QED) is 0.221. The molecular weight excluding hydrogens is 418 g/mol. The molecule has 1 aliphatic rings. The Labute approximate surface area is 175 Å². The molecule has 1 aromatic rings. The van der Waals surface area contributed by atoms with Crippen molar-refractivity contribution in [3.05, 3.63) is 35.6 Å². The third-order valence-corrected chi connectivity index (χ3v) is 7.89. The highest BCUT2D eigenvalue weighted by atomic mass is 32.1. The summed E-state index contributed by atoms with van der Waals surface area (Å²) in [5, 5.41) is 7.01. The molecule has 1 fully saturated rings. The fourth-order valence-corrected chi connectivity index (χ4v) is 6.18. The van der Waals surface area contributed by atoms with Gasteiger partial charge in [0.05, 0.1) is 21.6 Å². The first kappa shape index (κ1) is 22.0. The van der Waals surface area contributed by atoms with Crippen LogP contribution in [0.25, 0.3) is 0 Å². The van der Waals surface area contributed by atoms with Crippen molar-refractivity contribution in [3.8, 4) is 0 Å². The first-order valence-electron chi connectivity index (χ1n) is 8.76. The van der Waals surface area contributed by atoms with E-state index < -0.39 is 8.56 Å². The molecule has 0 bridgehead atoms. The van der Waals surface area contributed by atoms with Gasteiger partial charge in [-0.25, -0.2) is 18.4 Å². The van der Waals surface area contributed by atoms with Crippen molar-refractivity contribution < 1.29 is 9.13 Å². The van der Waals surface area contributed by atoms with Gasteiger partial charge in [-0.05, 0) is 92.4 Å². The van der Waals surface area contributed by atoms with E-state index in [9.17, 15) is 4.39 Å². The summed E-state index contributed by atoms with van der Waals surface area (Å²) in [7, 11) is -2.82. The van der Waals surface area contributed by atoms with Crippen LogP contribution in [0.5, 0.6) is 0 Å². The second kappa shape index (κ2) is 11.5. The molecule has 0 aromatic heterocycles. The average molecular weight is 438 g/mol. The van der Waals surface area contributed by atoms with E-state index in [4.69, 9.17) is 41.4 Å². The number of hydrogen-bond acceptors (Lipinski definition) is 7. The number of halogens is 1. The van der Waals surface area contributed by atoms with Gasteiger partial charge in [0.15, 0.2) is 0 Å². The van der Waals surface area contributed by atoms with Gasteiger partial charge in [-0.3, -0.25) is 0 Å². The van der Waals surface area contributed by atoms with Gasteiger partial charge in [-0.2, -0.15) is 0 Å². The fourth-order valence-electron chi connectivity index (χ4n) is 3.32. The fraction of sp³-hybridized carbons (Fsp3) is 0.500. The molecule has 0 aliphatic heterocycles. The number of rotatable bonds is 9. The van der Waals surface area contributed by atoms with E-state index in [2.05, 4.69) is 29.5 Å². The van der Waals surface area contributed by atoms with Gasteiger partial charge in [0, 0.05) is 12.7 Å². The minimum absolute atomic E-state index is 0.190. The summed E-state index contributed by atoms with van der Waals surface area (Å²) in [6, 6.07) is 7.41. The Hall–Kier alpha value is -1.27. The Morgan fingerprint density at radius 3 is 2.04 bits per heavy atom. The van der Waals surface area contributed by atoms with E-state index in [0.717, 1.165) is 32.1 Å². The lowest BCUT2D eigenvalue weighted by molar-refractivity contribution is 0.0250. The molecule has 0 atom stereocenters. The highest BCUT2D eigenvalue weighted by Crippen LogP contribution is 2.34. The van der Waals surface area contributed by atoms with Crippen molar-refractivity contribution in [3.63, 3.8) is 0 Å². The molecule has 9 heteroatoms. The number of benzene rings is 1. The van der Waals surface area contributed by atoms with E-state index in [1.54, 1.807) is 0 Å². The van der Waals surface area contributed by atoms with Gasteiger partial charge in [0.25, 0.3) is 0 Å². The van der Waals surface area contributed by atoms with Crippen molar-refractivity contribution in [1.82, 2.24) is 0 Å². The molecule has 0 amide bonds. The number of thiocarbonyl (C=S) groups is 3. The summed E-state index contributed by atoms with van der Waals surface area (Å²) in [6.07, 6.45) is 5.07. The smallest absolute Gasteiger partial charge is 0.378 e. The third-order valence-electron chi connectivity index (χ3n) is 4.70. The summed E-state index contributed by atoms with van der Waals surface area (Å²) < 4.78 is 31.4. The summed E-state index contributed by atoms with van der Waals surface area (Å²) in [5.74, 6) is 0.292. The second-order valence-electron chi connectivity index (χ2n) is 6.38. The molecule has 1 aliphatic carbocycles. The molecule has 0 unspecified atom stereocenters. The Morgan fingerprint density at radius 2 is 1.52 bits per heavy atom. The predicted octanol–water partition coefficient (Wildman–Crippen LogP) is 5.51. The van der Waals surface area contributed by atoms with E-state index in [0.29, 0.717) is 18.6 Å². The molecule has 0 spiro atoms. The average Bonchev–Trinajstić information content (AvgIpc) is 2.67. The van der Waals surface area contributed by atoms with Crippen molar-refractivity contribution in [1.29, 1.82) is 0 Å². The summed E-state index contributed by atoms with van der Waals surface area (Å²) in [5.41, 5.74) is 1.21. The third kappa shape index (κ3) is 7.00. The molecule has 142 valence electrons. The highest BCUT2D eigenvalue weighted by Gasteiger charge is 2.34. The van der Waals surface area contributed by atoms with Gasteiger partial charge in [0.2, 0.25) is 0 Å². The van der Waals surface area contributed by atoms with Crippen LogP contribution in [0.4, 0.5) is 4.39 Å². The number of isothiocyanates is 3. The zero-order valence-corrected chi connectivity index (χ0v) is 18.2. The maximum atomic E-state index is 13.1. The van der Waals surface area contributed by atoms with Crippen LogP contribution in [-0.2, 0) is 4.74 Å². The largest absolute Gasteiger partial charge is 0.461 e. The molecule has 1 aromatic carbocycles.